The third-order valence-electron chi connectivity index (χ3n) is 3.46. The van der Waals surface area contributed by atoms with E-state index in [1.807, 2.05) is 0 Å². The normalized spacial score (nSPS) is 13.0. The summed E-state index contributed by atoms with van der Waals surface area (Å²) in [6.07, 6.45) is 3.45. The van der Waals surface area contributed by atoms with Gasteiger partial charge in [-0.05, 0) is 64.8 Å². The zero-order valence-electron chi connectivity index (χ0n) is 12.4. The van der Waals surface area contributed by atoms with Gasteiger partial charge in [0, 0.05) is 12.6 Å². The number of rotatable bonds is 7. The van der Waals surface area contributed by atoms with Crippen molar-refractivity contribution in [3.63, 3.8) is 0 Å². The van der Waals surface area contributed by atoms with Crippen LogP contribution in [0.15, 0.2) is 18.2 Å². The van der Waals surface area contributed by atoms with Crippen molar-refractivity contribution in [3.8, 4) is 0 Å². The first kappa shape index (κ1) is 15.2. The average molecular weight is 248 g/mol. The summed E-state index contributed by atoms with van der Waals surface area (Å²) in [4.78, 5) is 2.40. The second kappa shape index (κ2) is 7.55. The van der Waals surface area contributed by atoms with Gasteiger partial charge in [-0.3, -0.25) is 0 Å². The molecule has 0 amide bonds. The molecule has 0 aliphatic rings. The summed E-state index contributed by atoms with van der Waals surface area (Å²) in [5, 5.41) is 0. The van der Waals surface area contributed by atoms with Gasteiger partial charge in [0.2, 0.25) is 0 Å². The molecule has 2 heteroatoms. The van der Waals surface area contributed by atoms with E-state index >= 15 is 0 Å². The molecule has 0 saturated heterocycles. The Kier molecular flexibility index (Phi) is 6.37. The molecule has 0 aromatic heterocycles. The van der Waals surface area contributed by atoms with Crippen LogP contribution in [0.5, 0.6) is 0 Å². The SMILES string of the molecule is Cc1ccc(CCN(C)CCCC(C)N)c(C)c1. The van der Waals surface area contributed by atoms with E-state index in [2.05, 4.69) is 50.9 Å². The molecule has 1 aromatic rings. The van der Waals surface area contributed by atoms with Gasteiger partial charge in [0.15, 0.2) is 0 Å². The van der Waals surface area contributed by atoms with Gasteiger partial charge >= 0.3 is 0 Å². The van der Waals surface area contributed by atoms with Crippen LogP contribution in [0.1, 0.15) is 36.5 Å². The van der Waals surface area contributed by atoms with Crippen LogP contribution < -0.4 is 5.73 Å². The molecule has 1 unspecified atom stereocenters. The minimum atomic E-state index is 0.331. The van der Waals surface area contributed by atoms with E-state index < -0.39 is 0 Å². The fourth-order valence-corrected chi connectivity index (χ4v) is 2.23. The van der Waals surface area contributed by atoms with Crippen LogP contribution in [0, 0.1) is 13.8 Å². The van der Waals surface area contributed by atoms with Gasteiger partial charge in [0.25, 0.3) is 0 Å². The summed E-state index contributed by atoms with van der Waals surface area (Å²) < 4.78 is 0. The molecule has 18 heavy (non-hydrogen) atoms. The maximum Gasteiger partial charge on any atom is 0.00189 e. The third kappa shape index (κ3) is 5.65. The number of likely N-dealkylation sites (N-methyl/N-ethyl adjacent to an activating group) is 1. The van der Waals surface area contributed by atoms with Crippen LogP contribution in [-0.4, -0.2) is 31.1 Å². The van der Waals surface area contributed by atoms with Crippen molar-refractivity contribution in [1.82, 2.24) is 4.90 Å². The molecular weight excluding hydrogens is 220 g/mol. The highest BCUT2D eigenvalue weighted by Gasteiger charge is 2.03. The minimum Gasteiger partial charge on any atom is -0.328 e. The van der Waals surface area contributed by atoms with Gasteiger partial charge in [-0.2, -0.15) is 0 Å². The van der Waals surface area contributed by atoms with E-state index in [0.29, 0.717) is 6.04 Å². The molecule has 0 bridgehead atoms. The Morgan fingerprint density at radius 1 is 1.22 bits per heavy atom. The number of hydrogen-bond acceptors (Lipinski definition) is 2. The molecule has 0 spiro atoms. The fourth-order valence-electron chi connectivity index (χ4n) is 2.23. The van der Waals surface area contributed by atoms with Gasteiger partial charge < -0.3 is 10.6 Å². The van der Waals surface area contributed by atoms with Crippen molar-refractivity contribution in [2.24, 2.45) is 5.73 Å². The largest absolute Gasteiger partial charge is 0.328 e. The first-order valence-corrected chi connectivity index (χ1v) is 6.99. The molecule has 2 N–H and O–H groups in total. The Balaban J connectivity index is 2.31. The predicted octanol–water partition coefficient (Wildman–Crippen LogP) is 2.91. The van der Waals surface area contributed by atoms with Gasteiger partial charge in [-0.15, -0.1) is 0 Å². The van der Waals surface area contributed by atoms with E-state index in [9.17, 15) is 0 Å². The molecule has 102 valence electrons. The van der Waals surface area contributed by atoms with E-state index in [1.54, 1.807) is 0 Å². The smallest absolute Gasteiger partial charge is 0.00189 e. The number of hydrogen-bond donors (Lipinski definition) is 1. The fraction of sp³-hybridized carbons (Fsp3) is 0.625. The Hall–Kier alpha value is -0.860. The van der Waals surface area contributed by atoms with Crippen LogP contribution in [0.25, 0.3) is 0 Å². The maximum atomic E-state index is 5.76. The number of benzene rings is 1. The molecule has 0 aliphatic carbocycles. The topological polar surface area (TPSA) is 29.3 Å². The zero-order chi connectivity index (χ0) is 13.5. The van der Waals surface area contributed by atoms with Crippen molar-refractivity contribution < 1.29 is 0 Å². The number of aryl methyl sites for hydroxylation is 2. The summed E-state index contributed by atoms with van der Waals surface area (Å²) in [5.41, 5.74) is 10.00. The Bertz CT molecular complexity index is 358. The molecular formula is C16H28N2. The van der Waals surface area contributed by atoms with Crippen molar-refractivity contribution >= 4 is 0 Å². The minimum absolute atomic E-state index is 0.331. The molecule has 1 atom stereocenters. The van der Waals surface area contributed by atoms with Gasteiger partial charge in [0.05, 0.1) is 0 Å². The first-order valence-electron chi connectivity index (χ1n) is 6.99. The Morgan fingerprint density at radius 2 is 1.94 bits per heavy atom. The van der Waals surface area contributed by atoms with Crippen LogP contribution in [-0.2, 0) is 6.42 Å². The van der Waals surface area contributed by atoms with Crippen LogP contribution in [0.3, 0.4) is 0 Å². The summed E-state index contributed by atoms with van der Waals surface area (Å²) >= 11 is 0. The van der Waals surface area contributed by atoms with Crippen LogP contribution in [0.4, 0.5) is 0 Å². The second-order valence-electron chi connectivity index (χ2n) is 5.60. The molecule has 0 heterocycles. The lowest BCUT2D eigenvalue weighted by molar-refractivity contribution is 0.326. The highest BCUT2D eigenvalue weighted by molar-refractivity contribution is 5.30. The highest BCUT2D eigenvalue weighted by Crippen LogP contribution is 2.11. The standard InChI is InChI=1S/C16H28N2/c1-13-7-8-16(14(2)12-13)9-11-18(4)10-5-6-15(3)17/h7-8,12,15H,5-6,9-11,17H2,1-4H3. The quantitative estimate of drug-likeness (QED) is 0.804. The van der Waals surface area contributed by atoms with E-state index in [4.69, 9.17) is 5.73 Å². The Morgan fingerprint density at radius 3 is 2.56 bits per heavy atom. The number of nitrogens with zero attached hydrogens (tertiary/aromatic N) is 1. The molecule has 2 nitrogen and oxygen atoms in total. The summed E-state index contributed by atoms with van der Waals surface area (Å²) in [5.74, 6) is 0. The van der Waals surface area contributed by atoms with Crippen molar-refractivity contribution in [3.05, 3.63) is 34.9 Å². The monoisotopic (exact) mass is 248 g/mol. The van der Waals surface area contributed by atoms with Crippen molar-refractivity contribution in [1.29, 1.82) is 0 Å². The zero-order valence-corrected chi connectivity index (χ0v) is 12.4. The maximum absolute atomic E-state index is 5.76. The van der Waals surface area contributed by atoms with E-state index in [-0.39, 0.29) is 0 Å². The average Bonchev–Trinajstić information content (AvgIpc) is 2.27. The summed E-state index contributed by atoms with van der Waals surface area (Å²) in [7, 11) is 2.20. The van der Waals surface area contributed by atoms with Crippen LogP contribution >= 0.6 is 0 Å². The second-order valence-corrected chi connectivity index (χ2v) is 5.60. The first-order chi connectivity index (χ1) is 8.49. The highest BCUT2D eigenvalue weighted by atomic mass is 15.1. The molecule has 0 aliphatic heterocycles. The van der Waals surface area contributed by atoms with Gasteiger partial charge in [0.1, 0.15) is 0 Å². The molecule has 1 rings (SSSR count). The molecule has 1 aromatic carbocycles. The molecule has 0 radical (unpaired) electrons. The van der Waals surface area contributed by atoms with Crippen molar-refractivity contribution in [2.45, 2.75) is 46.1 Å². The third-order valence-corrected chi connectivity index (χ3v) is 3.46. The predicted molar refractivity (Wildman–Crippen MR) is 80.0 cm³/mol. The van der Waals surface area contributed by atoms with Gasteiger partial charge in [-0.1, -0.05) is 23.8 Å². The number of nitrogens with two attached hydrogens (primary N) is 1. The molecule has 0 saturated carbocycles. The van der Waals surface area contributed by atoms with Crippen LogP contribution in [0.2, 0.25) is 0 Å². The summed E-state index contributed by atoms with van der Waals surface area (Å²) in [6.45, 7) is 8.71. The Labute approximate surface area is 112 Å². The van der Waals surface area contributed by atoms with Gasteiger partial charge in [-0.25, -0.2) is 0 Å². The molecule has 0 fully saturated rings. The lowest BCUT2D eigenvalue weighted by Gasteiger charge is -2.18. The van der Waals surface area contributed by atoms with E-state index in [0.717, 1.165) is 25.9 Å². The van der Waals surface area contributed by atoms with E-state index in [1.165, 1.54) is 23.1 Å². The van der Waals surface area contributed by atoms with Crippen molar-refractivity contribution in [2.75, 3.05) is 20.1 Å². The lowest BCUT2D eigenvalue weighted by Crippen LogP contribution is -2.24. The lowest BCUT2D eigenvalue weighted by atomic mass is 10.0. The summed E-state index contributed by atoms with van der Waals surface area (Å²) in [6, 6.07) is 7.07.